The van der Waals surface area contributed by atoms with E-state index in [2.05, 4.69) is 34.6 Å². The van der Waals surface area contributed by atoms with Gasteiger partial charge in [-0.3, -0.25) is 4.57 Å². The summed E-state index contributed by atoms with van der Waals surface area (Å²) in [6.45, 7) is 24.9. The van der Waals surface area contributed by atoms with Crippen LogP contribution in [0.15, 0.2) is 103 Å². The van der Waals surface area contributed by atoms with Gasteiger partial charge in [-0.1, -0.05) is 161 Å². The quantitative estimate of drug-likeness (QED) is 0.0567. The second-order valence-electron chi connectivity index (χ2n) is 20.9. The smallest absolute Gasteiger partial charge is 1.00 e. The van der Waals surface area contributed by atoms with Crippen molar-refractivity contribution in [3.8, 4) is 0 Å². The molecule has 1 N–H and O–H groups in total. The Morgan fingerprint density at radius 3 is 1.17 bits per heavy atom. The molecular weight excluding hydrogens is 1100 g/mol. The third-order valence-electron chi connectivity index (χ3n) is 14.0. The van der Waals surface area contributed by atoms with Crippen molar-refractivity contribution in [1.82, 2.24) is 0 Å². The number of carbonyl (C=O) groups excluding carboxylic acids is 1. The average molecular weight is 1210 g/mol. The van der Waals surface area contributed by atoms with Crippen molar-refractivity contribution < 1.29 is 106 Å². The second kappa shape index (κ2) is 41.4. The number of aliphatic hydroxyl groups is 1. The molecule has 6 rings (SSSR count). The molecule has 3 saturated heterocycles. The Kier molecular flexibility index (Phi) is 41.6. The van der Waals surface area contributed by atoms with Crippen LogP contribution >= 0.6 is 21.9 Å². The van der Waals surface area contributed by atoms with Gasteiger partial charge < -0.3 is 72.1 Å². The van der Waals surface area contributed by atoms with Crippen LogP contribution in [-0.4, -0.2) is 141 Å². The van der Waals surface area contributed by atoms with E-state index in [1.807, 2.05) is 104 Å². The molecule has 462 valence electrons. The van der Waals surface area contributed by atoms with E-state index < -0.39 is 46.9 Å². The summed E-state index contributed by atoms with van der Waals surface area (Å²) in [5.41, 5.74) is 3.37. The zero-order valence-corrected chi connectivity index (χ0v) is 54.1. The van der Waals surface area contributed by atoms with Crippen LogP contribution in [0.1, 0.15) is 95.8 Å². The molecule has 16 nitrogen and oxygen atoms in total. The standard InChI is InChI=1S/C19H29O4P.C16H24O4.C16H22O4.C7H18O4P2.3CH4.Na.H/c1-14-15(2)18(22-13-16-9-7-6-8-10-16)19(21-3)23-17(14)11-12-24(4,5)20;2*1-11-12(2)15(16(18-3)20-14(11)9-17)19-10-13-7-5-4-6-8-13;1-5-10-13(9,11-6-2)7-12(3,4)8;;;;;/h6-12,14-15,17-19H,13H2,1-5H3;4-8,11-12,14-17H,9-10H2,1-3H3;4-9,11-12,14-16H,10H2,1-3H3;5-7H2,1-4H3;3*1H4;;/q;;;;;;;+1;-1/b12-11+;;;;;;;;. The van der Waals surface area contributed by atoms with Crippen LogP contribution in [0.25, 0.3) is 0 Å². The predicted octanol–water partition coefficient (Wildman–Crippen LogP) is 10.8. The molecule has 0 bridgehead atoms. The average Bonchev–Trinajstić information content (AvgIpc) is 3.40. The van der Waals surface area contributed by atoms with Crippen molar-refractivity contribution in [2.45, 2.75) is 153 Å². The maximum Gasteiger partial charge on any atom is 1.00 e. The summed E-state index contributed by atoms with van der Waals surface area (Å²) in [4.78, 5) is 11.0. The third-order valence-corrected chi connectivity index (χ3v) is 20.3. The Bertz CT molecular complexity index is 2250. The summed E-state index contributed by atoms with van der Waals surface area (Å²) in [6, 6.07) is 30.1. The zero-order chi connectivity index (χ0) is 57.3. The zero-order valence-electron chi connectivity index (χ0n) is 50.4. The Morgan fingerprint density at radius 2 is 0.864 bits per heavy atom. The second-order valence-corrected chi connectivity index (χ2v) is 30.1. The van der Waals surface area contributed by atoms with E-state index in [0.29, 0.717) is 33.0 Å². The summed E-state index contributed by atoms with van der Waals surface area (Å²) >= 11 is 0. The van der Waals surface area contributed by atoms with Gasteiger partial charge in [0, 0.05) is 21.3 Å². The number of benzene rings is 3. The van der Waals surface area contributed by atoms with Crippen molar-refractivity contribution in [3.05, 3.63) is 120 Å². The molecule has 0 amide bonds. The Morgan fingerprint density at radius 1 is 0.531 bits per heavy atom. The normalized spacial score (nSPS) is 28.2. The molecule has 3 aromatic carbocycles. The molecule has 0 radical (unpaired) electrons. The fourth-order valence-corrected chi connectivity index (χ4v) is 14.5. The summed E-state index contributed by atoms with van der Waals surface area (Å²) < 4.78 is 97.0. The van der Waals surface area contributed by atoms with Crippen molar-refractivity contribution in [1.29, 1.82) is 0 Å². The Labute approximate surface area is 513 Å². The molecule has 3 aliphatic rings. The SMILES string of the molecule is C.C.C.CCOP(=O)(CP(C)(C)=O)OCC.COC1OC(/C=C/P(C)(C)=O)C(C)C(C)C1OCc1ccccc1.COC1OC(C=O)C(C)C(C)C1OCc1ccccc1.COC1OC(CO)C(C)C(C)C1OCc1ccccc1.[H-].[Na+]. The van der Waals surface area contributed by atoms with Crippen molar-refractivity contribution in [2.75, 3.05) is 73.7 Å². The van der Waals surface area contributed by atoms with E-state index in [4.69, 9.17) is 51.7 Å². The van der Waals surface area contributed by atoms with Gasteiger partial charge in [-0.25, -0.2) is 0 Å². The van der Waals surface area contributed by atoms with Gasteiger partial charge in [-0.15, -0.1) is 0 Å². The number of aliphatic hydroxyl groups excluding tert-OH is 1. The maximum atomic E-state index is 11.9. The molecular formula is C61H106NaO16P3. The number of ether oxygens (including phenoxy) is 9. The number of hydrogen-bond donors (Lipinski definition) is 1. The molecule has 15 unspecified atom stereocenters. The van der Waals surface area contributed by atoms with Crippen LogP contribution in [0.3, 0.4) is 0 Å². The van der Waals surface area contributed by atoms with Gasteiger partial charge in [0.25, 0.3) is 0 Å². The molecule has 0 saturated carbocycles. The van der Waals surface area contributed by atoms with E-state index in [1.54, 1.807) is 67.7 Å². The van der Waals surface area contributed by atoms with Gasteiger partial charge in [0.05, 0.1) is 59.0 Å². The summed E-state index contributed by atoms with van der Waals surface area (Å²) in [5.74, 6) is 3.10. The van der Waals surface area contributed by atoms with Crippen molar-refractivity contribution >= 4 is 28.2 Å². The number of hydrogen-bond acceptors (Lipinski definition) is 16. The Balaban J connectivity index is -0.00000101. The van der Waals surface area contributed by atoms with E-state index in [9.17, 15) is 23.6 Å². The van der Waals surface area contributed by atoms with Crippen LogP contribution in [0.2, 0.25) is 0 Å². The van der Waals surface area contributed by atoms with Gasteiger partial charge >= 0.3 is 37.2 Å². The molecule has 0 spiro atoms. The molecule has 3 fully saturated rings. The van der Waals surface area contributed by atoms with E-state index in [0.717, 1.165) is 23.0 Å². The van der Waals surface area contributed by atoms with Gasteiger partial charge in [0.2, 0.25) is 0 Å². The van der Waals surface area contributed by atoms with E-state index >= 15 is 0 Å². The molecule has 3 aliphatic heterocycles. The first kappa shape index (κ1) is 81.3. The number of methoxy groups -OCH3 is 3. The number of carbonyl (C=O) groups is 1. The largest absolute Gasteiger partial charge is 1.00 e. The van der Waals surface area contributed by atoms with Crippen molar-refractivity contribution in [3.63, 3.8) is 0 Å². The van der Waals surface area contributed by atoms with Crippen LogP contribution in [0, 0.1) is 35.5 Å². The summed E-state index contributed by atoms with van der Waals surface area (Å²) in [6.07, 6.45) is 0.245. The van der Waals surface area contributed by atoms with E-state index in [-0.39, 0.29) is 132 Å². The number of rotatable bonds is 22. The molecule has 20 heteroatoms. The van der Waals surface area contributed by atoms with Gasteiger partial charge in [0.1, 0.15) is 43.7 Å². The van der Waals surface area contributed by atoms with Gasteiger partial charge in [-0.05, 0) is 98.5 Å². The topological polar surface area (TPSA) is 190 Å². The number of aldehydes is 1. The minimum Gasteiger partial charge on any atom is -1.00 e. The fourth-order valence-electron chi connectivity index (χ4n) is 9.03. The first-order valence-electron chi connectivity index (χ1n) is 26.7. The molecule has 0 aliphatic carbocycles. The van der Waals surface area contributed by atoms with Crippen LogP contribution in [0.4, 0.5) is 0 Å². The minimum atomic E-state index is -3.10. The molecule has 3 heterocycles. The summed E-state index contributed by atoms with van der Waals surface area (Å²) in [7, 11) is -2.85. The minimum absolute atomic E-state index is 0. The molecule has 0 aromatic heterocycles. The Hall–Kier alpha value is -1.72. The van der Waals surface area contributed by atoms with Crippen LogP contribution in [-0.2, 0) is 90.0 Å². The first-order chi connectivity index (χ1) is 36.5. The predicted molar refractivity (Wildman–Crippen MR) is 325 cm³/mol. The fraction of sp³-hybridized carbons (Fsp3) is 0.656. The molecule has 3 aromatic rings. The molecule has 15 atom stereocenters. The van der Waals surface area contributed by atoms with Crippen LogP contribution < -0.4 is 29.6 Å². The van der Waals surface area contributed by atoms with Crippen molar-refractivity contribution in [2.24, 2.45) is 35.5 Å². The monoisotopic (exact) mass is 1210 g/mol. The van der Waals surface area contributed by atoms with Gasteiger partial charge in [-0.2, -0.15) is 0 Å². The third kappa shape index (κ3) is 28.1. The summed E-state index contributed by atoms with van der Waals surface area (Å²) in [5, 5.41) is 9.37. The first-order valence-corrected chi connectivity index (χ1v) is 33.9. The van der Waals surface area contributed by atoms with Crippen LogP contribution in [0.5, 0.6) is 0 Å². The van der Waals surface area contributed by atoms with E-state index in [1.165, 1.54) is 0 Å². The van der Waals surface area contributed by atoms with Gasteiger partial charge in [0.15, 0.2) is 18.9 Å². The maximum absolute atomic E-state index is 11.9. The molecule has 81 heavy (non-hydrogen) atoms.